The second-order valence-electron chi connectivity index (χ2n) is 7.01. The summed E-state index contributed by atoms with van der Waals surface area (Å²) < 4.78 is 64.2. The molecule has 1 unspecified atom stereocenters. The fourth-order valence-corrected chi connectivity index (χ4v) is 4.18. The van der Waals surface area contributed by atoms with Gasteiger partial charge in [-0.1, -0.05) is 18.5 Å². The SMILES string of the molecule is CCOC(=O)CCOC(=O)C(CC)Sc1cc(-n2c(=O)cc(C(F)(F)F)n(C)c2=O)c(F)cc1Cl. The van der Waals surface area contributed by atoms with Crippen molar-refractivity contribution >= 4 is 35.3 Å². The number of hydrogen-bond donors (Lipinski definition) is 0. The van der Waals surface area contributed by atoms with Crippen molar-refractivity contribution < 1.29 is 36.6 Å². The molecule has 0 aliphatic carbocycles. The summed E-state index contributed by atoms with van der Waals surface area (Å²) in [6, 6.07) is 1.95. The third-order valence-corrected chi connectivity index (χ3v) is 6.44. The van der Waals surface area contributed by atoms with Gasteiger partial charge in [0.05, 0.1) is 23.7 Å². The molecule has 1 aromatic carbocycles. The van der Waals surface area contributed by atoms with Crippen LogP contribution in [0.25, 0.3) is 5.69 Å². The molecule has 0 amide bonds. The number of aromatic nitrogens is 2. The van der Waals surface area contributed by atoms with Gasteiger partial charge in [-0.25, -0.2) is 13.8 Å². The maximum atomic E-state index is 14.7. The molecule has 0 saturated carbocycles. The van der Waals surface area contributed by atoms with E-state index < -0.39 is 51.8 Å². The minimum absolute atomic E-state index is 0.0751. The van der Waals surface area contributed by atoms with Crippen LogP contribution < -0.4 is 11.2 Å². The quantitative estimate of drug-likeness (QED) is 0.272. The highest BCUT2D eigenvalue weighted by Gasteiger charge is 2.35. The van der Waals surface area contributed by atoms with Crippen LogP contribution in [0.1, 0.15) is 32.4 Å². The second kappa shape index (κ2) is 11.8. The first-order chi connectivity index (χ1) is 16.3. The van der Waals surface area contributed by atoms with Crippen molar-refractivity contribution in [1.29, 1.82) is 0 Å². The van der Waals surface area contributed by atoms with Crippen LogP contribution in [0.2, 0.25) is 5.02 Å². The number of nitrogens with zero attached hydrogens (tertiary/aromatic N) is 2. The molecule has 35 heavy (non-hydrogen) atoms. The highest BCUT2D eigenvalue weighted by atomic mass is 35.5. The fourth-order valence-electron chi connectivity index (χ4n) is 2.91. The van der Waals surface area contributed by atoms with E-state index in [1.54, 1.807) is 13.8 Å². The van der Waals surface area contributed by atoms with Crippen LogP contribution in [0.4, 0.5) is 17.6 Å². The number of carbonyl (C=O) groups is 2. The highest BCUT2D eigenvalue weighted by molar-refractivity contribution is 8.00. The molecular formula is C21H21ClF4N2O6S. The molecule has 0 spiro atoms. The van der Waals surface area contributed by atoms with Crippen LogP contribution in [0, 0.1) is 5.82 Å². The van der Waals surface area contributed by atoms with E-state index in [4.69, 9.17) is 21.1 Å². The van der Waals surface area contributed by atoms with E-state index in [2.05, 4.69) is 0 Å². The standard InChI is InChI=1S/C21H21ClF4N2O6S/c1-4-14(19(31)34-7-6-18(30)33-5-2)35-15-9-13(12(23)8-11(15)22)28-17(29)10-16(21(24,25)26)27(3)20(28)32/h8-10,14H,4-7H2,1-3H3. The molecule has 0 N–H and O–H groups in total. The van der Waals surface area contributed by atoms with Crippen molar-refractivity contribution in [2.24, 2.45) is 7.05 Å². The first-order valence-corrected chi connectivity index (χ1v) is 11.5. The van der Waals surface area contributed by atoms with Gasteiger partial charge < -0.3 is 9.47 Å². The lowest BCUT2D eigenvalue weighted by molar-refractivity contribution is -0.149. The molecule has 1 atom stereocenters. The smallest absolute Gasteiger partial charge is 0.431 e. The number of benzene rings is 1. The molecule has 0 aliphatic heterocycles. The highest BCUT2D eigenvalue weighted by Crippen LogP contribution is 2.35. The molecule has 1 heterocycles. The molecule has 192 valence electrons. The van der Waals surface area contributed by atoms with Crippen molar-refractivity contribution in [2.75, 3.05) is 13.2 Å². The summed E-state index contributed by atoms with van der Waals surface area (Å²) >= 11 is 6.92. The molecule has 2 rings (SSSR count). The van der Waals surface area contributed by atoms with Gasteiger partial charge in [0.1, 0.15) is 23.4 Å². The lowest BCUT2D eigenvalue weighted by atomic mass is 10.3. The van der Waals surface area contributed by atoms with Crippen LogP contribution in [0.15, 0.2) is 32.7 Å². The number of rotatable bonds is 9. The molecule has 0 radical (unpaired) electrons. The number of esters is 2. The summed E-state index contributed by atoms with van der Waals surface area (Å²) in [5.74, 6) is -2.38. The molecule has 14 heteroatoms. The number of thioether (sulfide) groups is 1. The lowest BCUT2D eigenvalue weighted by Crippen LogP contribution is -2.41. The zero-order chi connectivity index (χ0) is 26.5. The monoisotopic (exact) mass is 540 g/mol. The summed E-state index contributed by atoms with van der Waals surface area (Å²) in [7, 11) is 0.796. The minimum Gasteiger partial charge on any atom is -0.466 e. The van der Waals surface area contributed by atoms with Gasteiger partial charge in [-0.3, -0.25) is 19.0 Å². The number of hydrogen-bond acceptors (Lipinski definition) is 7. The van der Waals surface area contributed by atoms with E-state index >= 15 is 0 Å². The van der Waals surface area contributed by atoms with Crippen molar-refractivity contribution in [3.05, 3.63) is 55.6 Å². The van der Waals surface area contributed by atoms with Gasteiger partial charge in [0, 0.05) is 18.0 Å². The van der Waals surface area contributed by atoms with E-state index in [0.29, 0.717) is 0 Å². The summed E-state index contributed by atoms with van der Waals surface area (Å²) in [5, 5.41) is -1.02. The van der Waals surface area contributed by atoms with Gasteiger partial charge >= 0.3 is 23.8 Å². The van der Waals surface area contributed by atoms with Gasteiger partial charge in [0.2, 0.25) is 0 Å². The molecular weight excluding hydrogens is 520 g/mol. The Kier molecular flexibility index (Phi) is 9.55. The van der Waals surface area contributed by atoms with Gasteiger partial charge in [-0.2, -0.15) is 13.2 Å². The summed E-state index contributed by atoms with van der Waals surface area (Å²) in [5.41, 5.74) is -4.96. The van der Waals surface area contributed by atoms with E-state index in [-0.39, 0.29) is 51.2 Å². The molecule has 1 aromatic heterocycles. The van der Waals surface area contributed by atoms with Crippen molar-refractivity contribution in [2.45, 2.75) is 43.0 Å². The molecule has 0 fully saturated rings. The third kappa shape index (κ3) is 6.88. The topological polar surface area (TPSA) is 96.6 Å². The van der Waals surface area contributed by atoms with Crippen LogP contribution in [-0.2, 0) is 32.3 Å². The van der Waals surface area contributed by atoms with E-state index in [9.17, 15) is 36.7 Å². The number of halogens is 5. The molecule has 0 bridgehead atoms. The Bertz CT molecular complexity index is 1230. The van der Waals surface area contributed by atoms with Crippen LogP contribution in [-0.4, -0.2) is 39.5 Å². The second-order valence-corrected chi connectivity index (χ2v) is 8.67. The maximum Gasteiger partial charge on any atom is 0.431 e. The van der Waals surface area contributed by atoms with Crippen molar-refractivity contribution in [1.82, 2.24) is 9.13 Å². The molecule has 0 saturated heterocycles. The Morgan fingerprint density at radius 1 is 1.14 bits per heavy atom. The Morgan fingerprint density at radius 2 is 1.80 bits per heavy atom. The number of carbonyl (C=O) groups excluding carboxylic acids is 2. The summed E-state index contributed by atoms with van der Waals surface area (Å²) in [4.78, 5) is 48.7. The van der Waals surface area contributed by atoms with Gasteiger partial charge in [-0.15, -0.1) is 11.8 Å². The van der Waals surface area contributed by atoms with Crippen LogP contribution in [0.3, 0.4) is 0 Å². The third-order valence-electron chi connectivity index (χ3n) is 4.61. The first-order valence-electron chi connectivity index (χ1n) is 10.2. The van der Waals surface area contributed by atoms with E-state index in [1.165, 1.54) is 0 Å². The van der Waals surface area contributed by atoms with Crippen LogP contribution >= 0.6 is 23.4 Å². The average molecular weight is 541 g/mol. The van der Waals surface area contributed by atoms with Gasteiger partial charge in [0.15, 0.2) is 0 Å². The predicted molar refractivity (Wildman–Crippen MR) is 119 cm³/mol. The Labute approximate surface area is 205 Å². The predicted octanol–water partition coefficient (Wildman–Crippen LogP) is 3.71. The van der Waals surface area contributed by atoms with Gasteiger partial charge in [0.25, 0.3) is 5.56 Å². The van der Waals surface area contributed by atoms with Crippen molar-refractivity contribution in [3.63, 3.8) is 0 Å². The maximum absolute atomic E-state index is 14.7. The van der Waals surface area contributed by atoms with Crippen LogP contribution in [0.5, 0.6) is 0 Å². The fraction of sp³-hybridized carbons (Fsp3) is 0.429. The minimum atomic E-state index is -4.98. The van der Waals surface area contributed by atoms with Gasteiger partial charge in [-0.05, 0) is 25.5 Å². The lowest BCUT2D eigenvalue weighted by Gasteiger charge is -2.17. The molecule has 0 aliphatic rings. The number of alkyl halides is 3. The zero-order valence-electron chi connectivity index (χ0n) is 18.8. The molecule has 2 aromatic rings. The Balaban J connectivity index is 2.39. The first kappa shape index (κ1) is 28.4. The normalized spacial score (nSPS) is 12.3. The average Bonchev–Trinajstić information content (AvgIpc) is 2.76. The summed E-state index contributed by atoms with van der Waals surface area (Å²) in [6.45, 7) is 3.23. The van der Waals surface area contributed by atoms with Crippen molar-refractivity contribution in [3.8, 4) is 5.69 Å². The Morgan fingerprint density at radius 3 is 2.37 bits per heavy atom. The zero-order valence-corrected chi connectivity index (χ0v) is 20.4. The largest absolute Gasteiger partial charge is 0.466 e. The van der Waals surface area contributed by atoms with E-state index in [0.717, 1.165) is 30.9 Å². The molecule has 8 nitrogen and oxygen atoms in total. The summed E-state index contributed by atoms with van der Waals surface area (Å²) in [6.07, 6.45) is -4.90. The van der Waals surface area contributed by atoms with E-state index in [1.807, 2.05) is 0 Å². The Hall–Kier alpha value is -2.80. The number of ether oxygens (including phenoxy) is 2.